The van der Waals surface area contributed by atoms with Gasteiger partial charge in [-0.05, 0) is 31.4 Å². The summed E-state index contributed by atoms with van der Waals surface area (Å²) >= 11 is 0. The number of benzene rings is 1. The van der Waals surface area contributed by atoms with Crippen LogP contribution in [0, 0.1) is 6.92 Å². The lowest BCUT2D eigenvalue weighted by Crippen LogP contribution is -2.43. The van der Waals surface area contributed by atoms with Crippen molar-refractivity contribution in [3.8, 4) is 0 Å². The molecular weight excluding hydrogens is 212 g/mol. The molecule has 0 fully saturated rings. The molecule has 0 radical (unpaired) electrons. The van der Waals surface area contributed by atoms with E-state index in [1.807, 2.05) is 44.2 Å². The highest BCUT2D eigenvalue weighted by Gasteiger charge is 2.38. The number of hydrogen-bond acceptors (Lipinski definition) is 2. The van der Waals surface area contributed by atoms with E-state index in [1.165, 1.54) is 0 Å². The van der Waals surface area contributed by atoms with E-state index in [-0.39, 0.29) is 5.78 Å². The number of aliphatic hydroxyl groups is 1. The highest BCUT2D eigenvalue weighted by molar-refractivity contribution is 5.91. The summed E-state index contributed by atoms with van der Waals surface area (Å²) in [5.41, 5.74) is 1.66. The van der Waals surface area contributed by atoms with E-state index >= 15 is 0 Å². The standard InChI is InChI=1S/C15H18O2/c1-11-5-3-7-13(9-11)10-15(17)12(2)6-4-8-14(15)16/h3,5-7,9,17H,4,8,10H2,1-2H3. The monoisotopic (exact) mass is 230 g/mol. The normalized spacial score (nSPS) is 24.6. The molecule has 0 aromatic heterocycles. The third-order valence-corrected chi connectivity index (χ3v) is 3.48. The third-order valence-electron chi connectivity index (χ3n) is 3.48. The van der Waals surface area contributed by atoms with Crippen molar-refractivity contribution in [3.63, 3.8) is 0 Å². The fraction of sp³-hybridized carbons (Fsp3) is 0.400. The Hall–Kier alpha value is -1.41. The van der Waals surface area contributed by atoms with Crippen LogP contribution in [0.4, 0.5) is 0 Å². The Balaban J connectivity index is 2.30. The van der Waals surface area contributed by atoms with Crippen molar-refractivity contribution < 1.29 is 9.90 Å². The van der Waals surface area contributed by atoms with E-state index < -0.39 is 5.60 Å². The first-order valence-electron chi connectivity index (χ1n) is 6.01. The summed E-state index contributed by atoms with van der Waals surface area (Å²) in [7, 11) is 0. The number of Topliss-reactive ketones (excluding diaryl/α,β-unsaturated/α-hetero) is 1. The fourth-order valence-corrected chi connectivity index (χ4v) is 2.37. The highest BCUT2D eigenvalue weighted by atomic mass is 16.3. The van der Waals surface area contributed by atoms with Crippen molar-refractivity contribution in [2.75, 3.05) is 0 Å². The second kappa shape index (κ2) is 4.46. The Bertz CT molecular complexity index is 474. The minimum absolute atomic E-state index is 0.0565. The molecule has 0 aliphatic heterocycles. The molecule has 1 atom stereocenters. The topological polar surface area (TPSA) is 37.3 Å². The molecule has 1 aromatic carbocycles. The summed E-state index contributed by atoms with van der Waals surface area (Å²) in [5, 5.41) is 10.5. The smallest absolute Gasteiger partial charge is 0.169 e. The number of carbonyl (C=O) groups is 1. The molecule has 0 bridgehead atoms. The molecule has 1 unspecified atom stereocenters. The Morgan fingerprint density at radius 2 is 2.12 bits per heavy atom. The molecule has 0 heterocycles. The lowest BCUT2D eigenvalue weighted by Gasteiger charge is -2.31. The maximum Gasteiger partial charge on any atom is 0.169 e. The zero-order chi connectivity index (χ0) is 12.5. The maximum absolute atomic E-state index is 11.9. The van der Waals surface area contributed by atoms with Gasteiger partial charge in [-0.1, -0.05) is 35.9 Å². The summed E-state index contributed by atoms with van der Waals surface area (Å²) in [6.07, 6.45) is 3.55. The van der Waals surface area contributed by atoms with Gasteiger partial charge in [0.25, 0.3) is 0 Å². The first kappa shape index (κ1) is 12.1. The second-order valence-corrected chi connectivity index (χ2v) is 4.88. The van der Waals surface area contributed by atoms with E-state index in [9.17, 15) is 9.90 Å². The largest absolute Gasteiger partial charge is 0.377 e. The molecule has 2 nitrogen and oxygen atoms in total. The van der Waals surface area contributed by atoms with Crippen molar-refractivity contribution in [1.82, 2.24) is 0 Å². The van der Waals surface area contributed by atoms with E-state index in [2.05, 4.69) is 0 Å². The van der Waals surface area contributed by atoms with E-state index in [1.54, 1.807) is 0 Å². The van der Waals surface area contributed by atoms with Gasteiger partial charge in [0.15, 0.2) is 5.78 Å². The zero-order valence-corrected chi connectivity index (χ0v) is 10.4. The van der Waals surface area contributed by atoms with Gasteiger partial charge in [-0.3, -0.25) is 4.79 Å². The number of ketones is 1. The fourth-order valence-electron chi connectivity index (χ4n) is 2.37. The van der Waals surface area contributed by atoms with Gasteiger partial charge < -0.3 is 5.11 Å². The van der Waals surface area contributed by atoms with E-state index in [0.717, 1.165) is 23.1 Å². The first-order chi connectivity index (χ1) is 8.02. The number of carbonyl (C=O) groups excluding carboxylic acids is 1. The van der Waals surface area contributed by atoms with Crippen LogP contribution in [0.25, 0.3) is 0 Å². The molecule has 2 heteroatoms. The summed E-state index contributed by atoms with van der Waals surface area (Å²) in [6, 6.07) is 7.95. The molecular formula is C15H18O2. The van der Waals surface area contributed by atoms with Gasteiger partial charge in [0.1, 0.15) is 5.60 Å². The van der Waals surface area contributed by atoms with Gasteiger partial charge in [0.05, 0.1) is 0 Å². The predicted molar refractivity (Wildman–Crippen MR) is 67.8 cm³/mol. The molecule has 1 aliphatic rings. The Kier molecular flexibility index (Phi) is 3.16. The highest BCUT2D eigenvalue weighted by Crippen LogP contribution is 2.29. The van der Waals surface area contributed by atoms with Gasteiger partial charge in [-0.2, -0.15) is 0 Å². The zero-order valence-electron chi connectivity index (χ0n) is 10.4. The number of rotatable bonds is 2. The van der Waals surface area contributed by atoms with Crippen molar-refractivity contribution in [3.05, 3.63) is 47.0 Å². The van der Waals surface area contributed by atoms with Gasteiger partial charge >= 0.3 is 0 Å². The van der Waals surface area contributed by atoms with Crippen molar-refractivity contribution in [2.45, 2.75) is 38.7 Å². The van der Waals surface area contributed by atoms with Gasteiger partial charge in [0.2, 0.25) is 0 Å². The Morgan fingerprint density at radius 1 is 1.35 bits per heavy atom. The molecule has 0 saturated heterocycles. The van der Waals surface area contributed by atoms with Crippen LogP contribution in [0.15, 0.2) is 35.9 Å². The Labute approximate surface area is 102 Å². The maximum atomic E-state index is 11.9. The SMILES string of the molecule is CC1=CCCC(=O)C1(O)Cc1cccc(C)c1. The van der Waals surface area contributed by atoms with Gasteiger partial charge in [-0.15, -0.1) is 0 Å². The quantitative estimate of drug-likeness (QED) is 0.793. The van der Waals surface area contributed by atoms with Crippen LogP contribution in [0.3, 0.4) is 0 Å². The molecule has 1 aliphatic carbocycles. The number of allylic oxidation sites excluding steroid dienone is 1. The molecule has 17 heavy (non-hydrogen) atoms. The molecule has 90 valence electrons. The molecule has 1 aromatic rings. The lowest BCUT2D eigenvalue weighted by atomic mass is 9.78. The van der Waals surface area contributed by atoms with Crippen LogP contribution in [0.5, 0.6) is 0 Å². The second-order valence-electron chi connectivity index (χ2n) is 4.88. The van der Waals surface area contributed by atoms with Crippen LogP contribution in [-0.2, 0) is 11.2 Å². The van der Waals surface area contributed by atoms with Crippen molar-refractivity contribution in [2.24, 2.45) is 0 Å². The summed E-state index contributed by atoms with van der Waals surface area (Å²) in [5.74, 6) is -0.0565. The summed E-state index contributed by atoms with van der Waals surface area (Å²) in [6.45, 7) is 3.85. The average Bonchev–Trinajstić information content (AvgIpc) is 2.26. The average molecular weight is 230 g/mol. The number of aryl methyl sites for hydroxylation is 1. The molecule has 1 N–H and O–H groups in total. The van der Waals surface area contributed by atoms with Gasteiger partial charge in [-0.25, -0.2) is 0 Å². The minimum atomic E-state index is -1.29. The van der Waals surface area contributed by atoms with Crippen LogP contribution < -0.4 is 0 Å². The van der Waals surface area contributed by atoms with Crippen LogP contribution in [-0.4, -0.2) is 16.5 Å². The predicted octanol–water partition coefficient (Wildman–Crippen LogP) is 2.58. The van der Waals surface area contributed by atoms with Crippen molar-refractivity contribution in [1.29, 1.82) is 0 Å². The van der Waals surface area contributed by atoms with E-state index in [4.69, 9.17) is 0 Å². The molecule has 0 spiro atoms. The van der Waals surface area contributed by atoms with Crippen LogP contribution >= 0.6 is 0 Å². The molecule has 0 saturated carbocycles. The Morgan fingerprint density at radius 3 is 2.76 bits per heavy atom. The summed E-state index contributed by atoms with van der Waals surface area (Å²) in [4.78, 5) is 11.9. The van der Waals surface area contributed by atoms with Gasteiger partial charge in [0, 0.05) is 12.8 Å². The summed E-state index contributed by atoms with van der Waals surface area (Å²) < 4.78 is 0. The van der Waals surface area contributed by atoms with Crippen molar-refractivity contribution >= 4 is 5.78 Å². The third kappa shape index (κ3) is 2.32. The minimum Gasteiger partial charge on any atom is -0.377 e. The molecule has 0 amide bonds. The van der Waals surface area contributed by atoms with E-state index in [0.29, 0.717) is 12.8 Å². The number of hydrogen-bond donors (Lipinski definition) is 1. The van der Waals surface area contributed by atoms with Crippen LogP contribution in [0.2, 0.25) is 0 Å². The molecule has 2 rings (SSSR count). The first-order valence-corrected chi connectivity index (χ1v) is 6.01. The van der Waals surface area contributed by atoms with Crippen LogP contribution in [0.1, 0.15) is 30.9 Å². The lowest BCUT2D eigenvalue weighted by molar-refractivity contribution is -0.134.